The maximum absolute atomic E-state index is 12.7. The van der Waals surface area contributed by atoms with Crippen molar-refractivity contribution < 1.29 is 19.2 Å². The van der Waals surface area contributed by atoms with E-state index in [4.69, 9.17) is 4.74 Å². The Morgan fingerprint density at radius 2 is 2.00 bits per heavy atom. The number of benzene rings is 2. The number of ether oxygens (including phenoxy) is 1. The number of hydrogen-bond acceptors (Lipinski definition) is 4. The Morgan fingerprint density at radius 3 is 2.79 bits per heavy atom. The number of piperidine rings is 1. The molecule has 2 aromatic carbocycles. The van der Waals surface area contributed by atoms with Crippen LogP contribution in [0.5, 0.6) is 5.75 Å². The van der Waals surface area contributed by atoms with E-state index in [9.17, 15) is 9.59 Å². The normalized spacial score (nSPS) is 19.2. The van der Waals surface area contributed by atoms with E-state index in [0.717, 1.165) is 35.0 Å². The molecule has 2 amide bonds. The summed E-state index contributed by atoms with van der Waals surface area (Å²) >= 11 is 1.61. The molecule has 1 atom stereocenters. The Balaban J connectivity index is 1.44. The number of likely N-dealkylation sites (tertiary alicyclic amines) is 1. The summed E-state index contributed by atoms with van der Waals surface area (Å²) in [6.45, 7) is 2.47. The summed E-state index contributed by atoms with van der Waals surface area (Å²) in [6, 6.07) is 13.1. The minimum absolute atomic E-state index is 0.0333. The topological polar surface area (TPSA) is 71.9 Å². The molecular weight excluding hydrogens is 386 g/mol. The lowest BCUT2D eigenvalue weighted by molar-refractivity contribution is -0.906. The molecule has 0 spiro atoms. The van der Waals surface area contributed by atoms with Crippen molar-refractivity contribution in [2.45, 2.75) is 36.1 Å². The number of carbonyl (C=O) groups excluding carboxylic acids is 2. The highest BCUT2D eigenvalue weighted by Gasteiger charge is 2.36. The van der Waals surface area contributed by atoms with Crippen LogP contribution >= 0.6 is 11.8 Å². The third kappa shape index (κ3) is 4.41. The van der Waals surface area contributed by atoms with Crippen molar-refractivity contribution in [2.24, 2.45) is 0 Å². The zero-order valence-electron chi connectivity index (χ0n) is 16.5. The third-order valence-corrected chi connectivity index (χ3v) is 6.87. The van der Waals surface area contributed by atoms with Gasteiger partial charge in [0.2, 0.25) is 5.37 Å². The molecule has 1 unspecified atom stereocenters. The predicted octanol–water partition coefficient (Wildman–Crippen LogP) is 2.06. The number of methoxy groups -OCH3 is 1. The summed E-state index contributed by atoms with van der Waals surface area (Å²) in [6.07, 6.45) is 3.61. The van der Waals surface area contributed by atoms with Gasteiger partial charge < -0.3 is 20.3 Å². The Kier molecular flexibility index (Phi) is 6.06. The number of thioether (sulfide) groups is 1. The van der Waals surface area contributed by atoms with Crippen molar-refractivity contribution in [3.8, 4) is 5.75 Å². The first-order valence-electron chi connectivity index (χ1n) is 10.0. The molecule has 29 heavy (non-hydrogen) atoms. The fraction of sp³-hybridized carbons (Fsp3) is 0.364. The van der Waals surface area contributed by atoms with Crippen molar-refractivity contribution in [2.75, 3.05) is 25.5 Å². The minimum atomic E-state index is -0.179. The summed E-state index contributed by atoms with van der Waals surface area (Å²) in [4.78, 5) is 27.6. The maximum atomic E-state index is 12.7. The van der Waals surface area contributed by atoms with E-state index >= 15 is 0 Å². The van der Waals surface area contributed by atoms with E-state index in [1.807, 2.05) is 36.4 Å². The second-order valence-corrected chi connectivity index (χ2v) is 8.56. The summed E-state index contributed by atoms with van der Waals surface area (Å²) in [7, 11) is 1.61. The van der Waals surface area contributed by atoms with Crippen LogP contribution in [0.25, 0.3) is 0 Å². The van der Waals surface area contributed by atoms with Gasteiger partial charge in [-0.15, -0.1) is 0 Å². The lowest BCUT2D eigenvalue weighted by Crippen LogP contribution is -3.17. The van der Waals surface area contributed by atoms with Crippen molar-refractivity contribution in [3.63, 3.8) is 0 Å². The molecule has 1 saturated heterocycles. The fourth-order valence-corrected chi connectivity index (χ4v) is 5.12. The summed E-state index contributed by atoms with van der Waals surface area (Å²) in [5, 5.41) is 5.84. The van der Waals surface area contributed by atoms with Gasteiger partial charge in [-0.1, -0.05) is 30.0 Å². The smallest absolute Gasteiger partial charge is 0.294 e. The van der Waals surface area contributed by atoms with Crippen LogP contribution in [0.1, 0.15) is 35.2 Å². The number of carbonyl (C=O) groups is 2. The van der Waals surface area contributed by atoms with Crippen LogP contribution in [0.15, 0.2) is 47.4 Å². The number of quaternary nitrogens is 1. The van der Waals surface area contributed by atoms with Gasteiger partial charge in [0.05, 0.1) is 25.9 Å². The molecule has 2 aliphatic rings. The zero-order valence-corrected chi connectivity index (χ0v) is 17.3. The monoisotopic (exact) mass is 412 g/mol. The molecule has 3 N–H and O–H groups in total. The van der Waals surface area contributed by atoms with E-state index in [-0.39, 0.29) is 17.2 Å². The van der Waals surface area contributed by atoms with Crippen molar-refractivity contribution in [3.05, 3.63) is 53.6 Å². The van der Waals surface area contributed by atoms with E-state index in [1.165, 1.54) is 24.2 Å². The van der Waals surface area contributed by atoms with E-state index in [1.54, 1.807) is 24.9 Å². The molecule has 1 fully saturated rings. The molecule has 2 heterocycles. The van der Waals surface area contributed by atoms with Gasteiger partial charge in [-0.05, 0) is 43.5 Å². The second kappa shape index (κ2) is 8.88. The Morgan fingerprint density at radius 1 is 1.21 bits per heavy atom. The van der Waals surface area contributed by atoms with E-state index in [0.29, 0.717) is 12.1 Å². The zero-order chi connectivity index (χ0) is 20.2. The largest absolute Gasteiger partial charge is 0.496 e. The van der Waals surface area contributed by atoms with Crippen molar-refractivity contribution in [1.29, 1.82) is 0 Å². The Hall–Kier alpha value is -2.51. The standard InChI is InChI=1S/C22H25N3O3S/c1-28-18-8-4-3-7-16(18)14-23-20(26)15-9-10-19-17(13-15)24-21(27)22(29-19)25-11-5-2-6-12-25/h3-4,7-10,13,22H,2,5-6,11-12,14H2,1H3,(H,23,26)(H,24,27)/p+1. The Bertz CT molecular complexity index is 912. The summed E-state index contributed by atoms with van der Waals surface area (Å²) in [5.41, 5.74) is 2.17. The molecule has 0 aliphatic carbocycles. The van der Waals surface area contributed by atoms with Gasteiger partial charge in [-0.2, -0.15) is 0 Å². The van der Waals surface area contributed by atoms with Crippen LogP contribution < -0.4 is 20.3 Å². The molecule has 7 heteroatoms. The molecule has 4 rings (SSSR count). The first kappa shape index (κ1) is 19.8. The fourth-order valence-electron chi connectivity index (χ4n) is 3.91. The van der Waals surface area contributed by atoms with Crippen LogP contribution in [0.3, 0.4) is 0 Å². The number of amides is 2. The molecule has 0 bridgehead atoms. The highest BCUT2D eigenvalue weighted by molar-refractivity contribution is 8.00. The summed E-state index contributed by atoms with van der Waals surface area (Å²) < 4.78 is 5.33. The van der Waals surface area contributed by atoms with Crippen LogP contribution in [-0.2, 0) is 11.3 Å². The molecular formula is C22H26N3O3S+. The number of nitrogens with one attached hydrogen (secondary N) is 3. The van der Waals surface area contributed by atoms with Gasteiger partial charge in [0, 0.05) is 22.6 Å². The number of anilines is 1. The van der Waals surface area contributed by atoms with Crippen molar-refractivity contribution in [1.82, 2.24) is 5.32 Å². The molecule has 2 aliphatic heterocycles. The van der Waals surface area contributed by atoms with Gasteiger partial charge in [0.25, 0.3) is 11.8 Å². The van der Waals surface area contributed by atoms with Crippen LogP contribution in [0.2, 0.25) is 0 Å². The highest BCUT2D eigenvalue weighted by Crippen LogP contribution is 2.34. The van der Waals surface area contributed by atoms with Gasteiger partial charge in [-0.25, -0.2) is 0 Å². The quantitative estimate of drug-likeness (QED) is 0.703. The first-order chi connectivity index (χ1) is 14.2. The highest BCUT2D eigenvalue weighted by atomic mass is 32.2. The number of hydrogen-bond donors (Lipinski definition) is 3. The summed E-state index contributed by atoms with van der Waals surface area (Å²) in [5.74, 6) is 0.598. The molecule has 0 radical (unpaired) electrons. The lowest BCUT2D eigenvalue weighted by atomic mass is 10.1. The molecule has 152 valence electrons. The molecule has 0 saturated carbocycles. The van der Waals surface area contributed by atoms with Crippen LogP contribution in [-0.4, -0.2) is 37.4 Å². The second-order valence-electron chi connectivity index (χ2n) is 7.41. The van der Waals surface area contributed by atoms with E-state index < -0.39 is 0 Å². The first-order valence-corrected chi connectivity index (χ1v) is 10.9. The van der Waals surface area contributed by atoms with Crippen LogP contribution in [0.4, 0.5) is 5.69 Å². The minimum Gasteiger partial charge on any atom is -0.496 e. The Labute approximate surface area is 175 Å². The third-order valence-electron chi connectivity index (χ3n) is 5.48. The van der Waals surface area contributed by atoms with Crippen molar-refractivity contribution >= 4 is 29.3 Å². The lowest BCUT2D eigenvalue weighted by Gasteiger charge is -2.33. The van der Waals surface area contributed by atoms with Gasteiger partial charge in [-0.3, -0.25) is 9.59 Å². The molecule has 6 nitrogen and oxygen atoms in total. The van der Waals surface area contributed by atoms with Crippen LogP contribution in [0, 0.1) is 0 Å². The maximum Gasteiger partial charge on any atom is 0.294 e. The average molecular weight is 413 g/mol. The number of fused-ring (bicyclic) bond motifs is 1. The number of para-hydroxylation sites is 1. The molecule has 0 aromatic heterocycles. The van der Waals surface area contributed by atoms with E-state index in [2.05, 4.69) is 10.6 Å². The van der Waals surface area contributed by atoms with Gasteiger partial charge >= 0.3 is 0 Å². The SMILES string of the molecule is COc1ccccc1CNC(=O)c1ccc2c(c1)NC(=O)C([NH+]1CCCCC1)S2. The predicted molar refractivity (Wildman–Crippen MR) is 113 cm³/mol. The average Bonchev–Trinajstić information content (AvgIpc) is 2.77. The van der Waals surface area contributed by atoms with Gasteiger partial charge in [0.15, 0.2) is 0 Å². The molecule has 2 aromatic rings. The number of rotatable bonds is 5. The van der Waals surface area contributed by atoms with Gasteiger partial charge in [0.1, 0.15) is 5.75 Å².